The lowest BCUT2D eigenvalue weighted by atomic mass is 10.0. The summed E-state index contributed by atoms with van der Waals surface area (Å²) in [6.45, 7) is 0.161. The number of phosphoric acid groups is 1. The number of rotatable bonds is 33. The molecule has 0 aromatic heterocycles. The van der Waals surface area contributed by atoms with Crippen molar-refractivity contribution in [2.45, 2.75) is 193 Å². The molecule has 8 heteroatoms. The van der Waals surface area contributed by atoms with Gasteiger partial charge in [0, 0.05) is 6.42 Å². The molecule has 0 aliphatic rings. The van der Waals surface area contributed by atoms with E-state index in [4.69, 9.17) is 15.0 Å². The van der Waals surface area contributed by atoms with Crippen LogP contribution in [0.25, 0.3) is 0 Å². The molecule has 0 spiro atoms. The summed E-state index contributed by atoms with van der Waals surface area (Å²) in [7, 11) is -4.28. The summed E-state index contributed by atoms with van der Waals surface area (Å²) in [6.07, 6.45) is 38.0. The highest BCUT2D eigenvalue weighted by molar-refractivity contribution is 7.46. The maximum absolute atomic E-state index is 10.9. The predicted molar refractivity (Wildman–Crippen MR) is 166 cm³/mol. The zero-order valence-corrected chi connectivity index (χ0v) is 26.8. The van der Waals surface area contributed by atoms with Crippen molar-refractivity contribution in [2.24, 2.45) is 0 Å². The van der Waals surface area contributed by atoms with Crippen molar-refractivity contribution < 1.29 is 28.9 Å². The van der Waals surface area contributed by atoms with Crippen LogP contribution in [0.3, 0.4) is 0 Å². The lowest BCUT2D eigenvalue weighted by Crippen LogP contribution is -2.17. The Labute approximate surface area is 247 Å². The minimum absolute atomic E-state index is 0.161. The molecule has 0 fully saturated rings. The fraction of sp³-hybridized carbons (Fsp3) is 0.969. The van der Waals surface area contributed by atoms with Crippen molar-refractivity contribution in [1.82, 2.24) is 5.48 Å². The van der Waals surface area contributed by atoms with E-state index in [1.54, 1.807) is 5.48 Å². The molecule has 0 radical (unpaired) electrons. The number of nitrogens with one attached hydrogen (secondary N) is 1. The summed E-state index contributed by atoms with van der Waals surface area (Å²) in [5.74, 6) is -0.266. The molecule has 0 aromatic carbocycles. The van der Waals surface area contributed by atoms with E-state index in [1.807, 2.05) is 0 Å². The molecule has 40 heavy (non-hydrogen) atoms. The molecular formula is C32H66NO6P. The molecule has 0 rings (SSSR count). The number of amides is 1. The second kappa shape index (κ2) is 31.5. The van der Waals surface area contributed by atoms with Gasteiger partial charge in [-0.15, -0.1) is 0 Å². The zero-order chi connectivity index (χ0) is 29.4. The topological polar surface area (TPSA) is 116 Å². The zero-order valence-electron chi connectivity index (χ0n) is 25.9. The first-order valence-electron chi connectivity index (χ1n) is 17.1. The van der Waals surface area contributed by atoms with E-state index in [-0.39, 0.29) is 12.5 Å². The average Bonchev–Trinajstić information content (AvgIpc) is 2.92. The molecule has 0 aliphatic carbocycles. The minimum atomic E-state index is -4.28. The number of phosphoric ester groups is 1. The first kappa shape index (κ1) is 39.5. The third kappa shape index (κ3) is 35.6. The van der Waals surface area contributed by atoms with Gasteiger partial charge in [-0.1, -0.05) is 173 Å². The maximum atomic E-state index is 10.9. The quantitative estimate of drug-likeness (QED) is 0.0261. The standard InChI is InChI=1S/C32H66NO6P/c34-32(33-35)30-28-26-24-22-20-18-16-14-12-10-8-6-4-2-1-3-5-7-9-11-13-15-17-19-21-23-25-27-29-31-39-40(36,37)38/h35H,1-31H2,(H,33,34)(H2,36,37,38). The number of carbonyl (C=O) groups excluding carboxylic acids is 1. The lowest BCUT2D eigenvalue weighted by molar-refractivity contribution is -0.129. The summed E-state index contributed by atoms with van der Waals surface area (Å²) in [4.78, 5) is 28.1. The van der Waals surface area contributed by atoms with Crippen molar-refractivity contribution in [1.29, 1.82) is 0 Å². The Bertz CT molecular complexity index is 572. The van der Waals surface area contributed by atoms with Crippen LogP contribution in [0.1, 0.15) is 193 Å². The van der Waals surface area contributed by atoms with Crippen LogP contribution in [-0.2, 0) is 13.9 Å². The van der Waals surface area contributed by atoms with E-state index < -0.39 is 7.82 Å². The molecule has 0 unspecified atom stereocenters. The van der Waals surface area contributed by atoms with E-state index in [1.165, 1.54) is 154 Å². The van der Waals surface area contributed by atoms with Gasteiger partial charge in [0.1, 0.15) is 0 Å². The molecule has 0 saturated carbocycles. The number of hydrogen-bond acceptors (Lipinski definition) is 4. The predicted octanol–water partition coefficient (Wildman–Crippen LogP) is 10.3. The van der Waals surface area contributed by atoms with Gasteiger partial charge in [-0.25, -0.2) is 10.0 Å². The van der Waals surface area contributed by atoms with Crippen molar-refractivity contribution in [3.63, 3.8) is 0 Å². The monoisotopic (exact) mass is 591 g/mol. The highest BCUT2D eigenvalue weighted by Gasteiger charge is 2.12. The van der Waals surface area contributed by atoms with E-state index >= 15 is 0 Å². The van der Waals surface area contributed by atoms with Crippen LogP contribution >= 0.6 is 7.82 Å². The van der Waals surface area contributed by atoms with E-state index in [0.717, 1.165) is 32.1 Å². The van der Waals surface area contributed by atoms with Gasteiger partial charge in [-0.3, -0.25) is 14.5 Å². The van der Waals surface area contributed by atoms with Gasteiger partial charge in [0.15, 0.2) is 0 Å². The Hall–Kier alpha value is -0.460. The summed E-state index contributed by atoms with van der Waals surface area (Å²) in [5.41, 5.74) is 1.69. The van der Waals surface area contributed by atoms with Gasteiger partial charge in [-0.2, -0.15) is 0 Å². The molecule has 0 aromatic rings. The Kier molecular flexibility index (Phi) is 31.1. The normalized spacial score (nSPS) is 11.8. The van der Waals surface area contributed by atoms with Gasteiger partial charge < -0.3 is 9.79 Å². The second-order valence-electron chi connectivity index (χ2n) is 11.9. The number of hydroxylamine groups is 1. The smallest absolute Gasteiger partial charge is 0.303 e. The van der Waals surface area contributed by atoms with Crippen molar-refractivity contribution >= 4 is 13.7 Å². The largest absolute Gasteiger partial charge is 0.469 e. The molecule has 0 saturated heterocycles. The average molecular weight is 592 g/mol. The van der Waals surface area contributed by atoms with E-state index in [9.17, 15) is 9.36 Å². The Balaban J connectivity index is 3.07. The van der Waals surface area contributed by atoms with Gasteiger partial charge >= 0.3 is 7.82 Å². The lowest BCUT2D eigenvalue weighted by Gasteiger charge is -2.05. The summed E-state index contributed by atoms with van der Waals surface area (Å²) in [6, 6.07) is 0. The molecule has 0 aliphatic heterocycles. The third-order valence-corrected chi connectivity index (χ3v) is 8.45. The first-order chi connectivity index (χ1) is 19.5. The molecule has 240 valence electrons. The van der Waals surface area contributed by atoms with Crippen LogP contribution in [0.4, 0.5) is 0 Å². The van der Waals surface area contributed by atoms with Crippen LogP contribution in [0.5, 0.6) is 0 Å². The highest BCUT2D eigenvalue weighted by atomic mass is 31.2. The molecule has 7 nitrogen and oxygen atoms in total. The van der Waals surface area contributed by atoms with E-state index in [0.29, 0.717) is 6.42 Å². The Morgan fingerprint density at radius 1 is 0.450 bits per heavy atom. The molecule has 0 bridgehead atoms. The molecule has 0 atom stereocenters. The minimum Gasteiger partial charge on any atom is -0.303 e. The van der Waals surface area contributed by atoms with Gasteiger partial charge in [0.05, 0.1) is 6.61 Å². The third-order valence-electron chi connectivity index (χ3n) is 7.93. The summed E-state index contributed by atoms with van der Waals surface area (Å²) < 4.78 is 15.0. The number of hydrogen-bond donors (Lipinski definition) is 4. The summed E-state index contributed by atoms with van der Waals surface area (Å²) in [5, 5.41) is 8.45. The van der Waals surface area contributed by atoms with Gasteiger partial charge in [0.2, 0.25) is 5.91 Å². The van der Waals surface area contributed by atoms with Crippen molar-refractivity contribution in [3.8, 4) is 0 Å². The molecular weight excluding hydrogens is 525 g/mol. The fourth-order valence-corrected chi connectivity index (χ4v) is 5.77. The first-order valence-corrected chi connectivity index (χ1v) is 18.6. The van der Waals surface area contributed by atoms with Crippen LogP contribution in [-0.4, -0.2) is 27.5 Å². The number of unbranched alkanes of at least 4 members (excludes halogenated alkanes) is 28. The van der Waals surface area contributed by atoms with Crippen molar-refractivity contribution in [3.05, 3.63) is 0 Å². The van der Waals surface area contributed by atoms with Crippen LogP contribution in [0, 0.1) is 0 Å². The SMILES string of the molecule is O=C(CCCCCCCCCCCCCCCCCCCCCCCCCCCCCCCOP(=O)(O)O)NO. The molecule has 0 heterocycles. The number of carbonyl (C=O) groups is 1. The Morgan fingerprint density at radius 3 is 0.900 bits per heavy atom. The summed E-state index contributed by atoms with van der Waals surface area (Å²) >= 11 is 0. The van der Waals surface area contributed by atoms with E-state index in [2.05, 4.69) is 4.52 Å². The maximum Gasteiger partial charge on any atom is 0.469 e. The van der Waals surface area contributed by atoms with Crippen LogP contribution in [0.2, 0.25) is 0 Å². The fourth-order valence-electron chi connectivity index (χ4n) is 5.40. The van der Waals surface area contributed by atoms with Crippen LogP contribution in [0.15, 0.2) is 0 Å². The second-order valence-corrected chi connectivity index (χ2v) is 13.1. The van der Waals surface area contributed by atoms with Crippen molar-refractivity contribution in [2.75, 3.05) is 6.61 Å². The van der Waals surface area contributed by atoms with Gasteiger partial charge in [-0.05, 0) is 12.8 Å². The van der Waals surface area contributed by atoms with Crippen LogP contribution < -0.4 is 5.48 Å². The Morgan fingerprint density at radius 2 is 0.675 bits per heavy atom. The highest BCUT2D eigenvalue weighted by Crippen LogP contribution is 2.35. The molecule has 4 N–H and O–H groups in total. The molecule has 1 amide bonds. The van der Waals surface area contributed by atoms with Gasteiger partial charge in [0.25, 0.3) is 0 Å².